The van der Waals surface area contributed by atoms with E-state index in [0.29, 0.717) is 0 Å². The third-order valence-electron chi connectivity index (χ3n) is 2.94. The van der Waals surface area contributed by atoms with E-state index in [1.165, 1.54) is 0 Å². The van der Waals surface area contributed by atoms with Crippen molar-refractivity contribution >= 4 is 0 Å². The molecule has 0 aliphatic carbocycles. The zero-order valence-electron chi connectivity index (χ0n) is 10.00. The fourth-order valence-electron chi connectivity index (χ4n) is 1.99. The van der Waals surface area contributed by atoms with Crippen LogP contribution in [0.4, 0.5) is 0 Å². The Hall–Kier alpha value is -2.42. The molecule has 18 heavy (non-hydrogen) atoms. The van der Waals surface area contributed by atoms with Gasteiger partial charge in [0.15, 0.2) is 0 Å². The van der Waals surface area contributed by atoms with Gasteiger partial charge in [-0.3, -0.25) is 4.98 Å². The first-order valence-corrected chi connectivity index (χ1v) is 5.77. The number of aryl methyl sites for hydroxylation is 1. The van der Waals surface area contributed by atoms with Gasteiger partial charge in [0.2, 0.25) is 0 Å². The van der Waals surface area contributed by atoms with E-state index in [4.69, 9.17) is 4.52 Å². The normalized spacial score (nSPS) is 10.5. The van der Waals surface area contributed by atoms with Gasteiger partial charge >= 0.3 is 0 Å². The first kappa shape index (κ1) is 10.7. The number of nitrogens with zero attached hydrogens (tertiary/aromatic N) is 2. The van der Waals surface area contributed by atoms with Crippen molar-refractivity contribution in [2.24, 2.45) is 0 Å². The van der Waals surface area contributed by atoms with Gasteiger partial charge in [-0.25, -0.2) is 0 Å². The van der Waals surface area contributed by atoms with Crippen LogP contribution in [0.15, 0.2) is 59.5 Å². The van der Waals surface area contributed by atoms with Crippen LogP contribution in [0, 0.1) is 6.92 Å². The Labute approximate surface area is 105 Å². The zero-order valence-corrected chi connectivity index (χ0v) is 10.00. The van der Waals surface area contributed by atoms with E-state index in [2.05, 4.69) is 28.3 Å². The van der Waals surface area contributed by atoms with Gasteiger partial charge in [0.25, 0.3) is 0 Å². The maximum atomic E-state index is 5.10. The van der Waals surface area contributed by atoms with Gasteiger partial charge in [0, 0.05) is 18.0 Å². The van der Waals surface area contributed by atoms with E-state index < -0.39 is 0 Å². The molecule has 0 N–H and O–H groups in total. The molecule has 88 valence electrons. The van der Waals surface area contributed by atoms with E-state index in [1.807, 2.05) is 25.1 Å². The van der Waals surface area contributed by atoms with E-state index in [-0.39, 0.29) is 0 Å². The monoisotopic (exact) mass is 236 g/mol. The Morgan fingerprint density at radius 3 is 2.44 bits per heavy atom. The van der Waals surface area contributed by atoms with E-state index in [9.17, 15) is 0 Å². The number of hydrogen-bond acceptors (Lipinski definition) is 3. The molecule has 3 aromatic rings. The predicted molar refractivity (Wildman–Crippen MR) is 69.9 cm³/mol. The summed E-state index contributed by atoms with van der Waals surface area (Å²) in [5, 5.41) is 3.82. The zero-order chi connectivity index (χ0) is 12.4. The summed E-state index contributed by atoms with van der Waals surface area (Å²) < 4.78 is 5.10. The molecular weight excluding hydrogens is 224 g/mol. The molecule has 1 aromatic carbocycles. The molecule has 0 unspecified atom stereocenters. The minimum atomic E-state index is 0.835. The van der Waals surface area contributed by atoms with Crippen LogP contribution in [-0.2, 0) is 0 Å². The Kier molecular flexibility index (Phi) is 2.65. The SMILES string of the molecule is Cc1oncc1-c1cccc(-c2ccncc2)c1. The van der Waals surface area contributed by atoms with E-state index in [1.54, 1.807) is 18.6 Å². The first-order chi connectivity index (χ1) is 8.84. The van der Waals surface area contributed by atoms with Crippen molar-refractivity contribution in [2.75, 3.05) is 0 Å². The van der Waals surface area contributed by atoms with Gasteiger partial charge in [0.1, 0.15) is 5.76 Å². The van der Waals surface area contributed by atoms with Crippen LogP contribution >= 0.6 is 0 Å². The largest absolute Gasteiger partial charge is 0.361 e. The molecule has 2 aromatic heterocycles. The fourth-order valence-corrected chi connectivity index (χ4v) is 1.99. The van der Waals surface area contributed by atoms with E-state index >= 15 is 0 Å². The molecule has 0 fully saturated rings. The van der Waals surface area contributed by atoms with E-state index in [0.717, 1.165) is 28.0 Å². The predicted octanol–water partition coefficient (Wildman–Crippen LogP) is 3.71. The number of rotatable bonds is 2. The van der Waals surface area contributed by atoms with Crippen molar-refractivity contribution < 1.29 is 4.52 Å². The Morgan fingerprint density at radius 1 is 0.944 bits per heavy atom. The summed E-state index contributed by atoms with van der Waals surface area (Å²) >= 11 is 0. The molecule has 3 nitrogen and oxygen atoms in total. The Morgan fingerprint density at radius 2 is 1.72 bits per heavy atom. The molecule has 0 radical (unpaired) electrons. The first-order valence-electron chi connectivity index (χ1n) is 5.77. The van der Waals surface area contributed by atoms with Gasteiger partial charge in [0.05, 0.1) is 6.20 Å². The summed E-state index contributed by atoms with van der Waals surface area (Å²) in [4.78, 5) is 4.03. The van der Waals surface area contributed by atoms with Crippen LogP contribution in [0.2, 0.25) is 0 Å². The summed E-state index contributed by atoms with van der Waals surface area (Å²) in [5.41, 5.74) is 4.46. The van der Waals surface area contributed by atoms with Gasteiger partial charge in [-0.1, -0.05) is 23.4 Å². The molecule has 0 spiro atoms. The third kappa shape index (κ3) is 1.91. The highest BCUT2D eigenvalue weighted by atomic mass is 16.5. The van der Waals surface area contributed by atoms with Crippen molar-refractivity contribution in [3.8, 4) is 22.3 Å². The van der Waals surface area contributed by atoms with Gasteiger partial charge in [-0.2, -0.15) is 0 Å². The minimum absolute atomic E-state index is 0.835. The average Bonchev–Trinajstić information content (AvgIpc) is 2.86. The number of benzene rings is 1. The molecule has 3 rings (SSSR count). The lowest BCUT2D eigenvalue weighted by atomic mass is 10.0. The molecule has 0 aliphatic heterocycles. The standard InChI is InChI=1S/C15H12N2O/c1-11-15(10-17-18-11)14-4-2-3-13(9-14)12-5-7-16-8-6-12/h2-10H,1H3. The number of pyridine rings is 1. The van der Waals surface area contributed by atoms with Crippen molar-refractivity contribution in [1.29, 1.82) is 0 Å². The van der Waals surface area contributed by atoms with Crippen LogP contribution in [0.3, 0.4) is 0 Å². The fraction of sp³-hybridized carbons (Fsp3) is 0.0667. The van der Waals surface area contributed by atoms with Crippen LogP contribution in [0.1, 0.15) is 5.76 Å². The van der Waals surface area contributed by atoms with Gasteiger partial charge in [-0.05, 0) is 41.8 Å². The van der Waals surface area contributed by atoms with Crippen LogP contribution < -0.4 is 0 Å². The molecule has 0 saturated carbocycles. The Bertz CT molecular complexity index is 659. The molecule has 0 saturated heterocycles. The highest BCUT2D eigenvalue weighted by molar-refractivity contribution is 5.73. The summed E-state index contributed by atoms with van der Waals surface area (Å²) in [6, 6.07) is 12.3. The molecule has 2 heterocycles. The van der Waals surface area contributed by atoms with Crippen molar-refractivity contribution in [3.63, 3.8) is 0 Å². The van der Waals surface area contributed by atoms with Gasteiger partial charge < -0.3 is 4.52 Å². The maximum absolute atomic E-state index is 5.10. The second kappa shape index (κ2) is 4.45. The molecular formula is C15H12N2O. The van der Waals surface area contributed by atoms with Crippen LogP contribution in [0.5, 0.6) is 0 Å². The van der Waals surface area contributed by atoms with Crippen molar-refractivity contribution in [2.45, 2.75) is 6.92 Å². The summed E-state index contributed by atoms with van der Waals surface area (Å²) in [7, 11) is 0. The molecule has 3 heteroatoms. The highest BCUT2D eigenvalue weighted by Gasteiger charge is 2.07. The maximum Gasteiger partial charge on any atom is 0.141 e. The lowest BCUT2D eigenvalue weighted by molar-refractivity contribution is 0.398. The van der Waals surface area contributed by atoms with Gasteiger partial charge in [-0.15, -0.1) is 0 Å². The lowest BCUT2D eigenvalue weighted by Gasteiger charge is -2.04. The molecule has 0 aliphatic rings. The second-order valence-electron chi connectivity index (χ2n) is 4.11. The topological polar surface area (TPSA) is 38.9 Å². The molecule has 0 amide bonds. The Balaban J connectivity index is 2.08. The number of aromatic nitrogens is 2. The summed E-state index contributed by atoms with van der Waals surface area (Å²) in [6.45, 7) is 1.92. The molecule has 0 bridgehead atoms. The average molecular weight is 236 g/mol. The second-order valence-corrected chi connectivity index (χ2v) is 4.11. The van der Waals surface area contributed by atoms with Crippen molar-refractivity contribution in [3.05, 3.63) is 60.7 Å². The van der Waals surface area contributed by atoms with Crippen molar-refractivity contribution in [1.82, 2.24) is 10.1 Å². The summed E-state index contributed by atoms with van der Waals surface area (Å²) in [5.74, 6) is 0.835. The third-order valence-corrected chi connectivity index (χ3v) is 2.94. The quantitative estimate of drug-likeness (QED) is 0.680. The van der Waals surface area contributed by atoms with Crippen LogP contribution in [-0.4, -0.2) is 10.1 Å². The lowest BCUT2D eigenvalue weighted by Crippen LogP contribution is -1.81. The smallest absolute Gasteiger partial charge is 0.141 e. The molecule has 0 atom stereocenters. The summed E-state index contributed by atoms with van der Waals surface area (Å²) in [6.07, 6.45) is 5.35. The number of hydrogen-bond donors (Lipinski definition) is 0. The highest BCUT2D eigenvalue weighted by Crippen LogP contribution is 2.27. The minimum Gasteiger partial charge on any atom is -0.361 e. The van der Waals surface area contributed by atoms with Crippen LogP contribution in [0.25, 0.3) is 22.3 Å².